The highest BCUT2D eigenvalue weighted by molar-refractivity contribution is 8.00. The molecule has 164 valence electrons. The average Bonchev–Trinajstić information content (AvgIpc) is 3.36. The summed E-state index contributed by atoms with van der Waals surface area (Å²) in [6.45, 7) is 8.33. The van der Waals surface area contributed by atoms with Gasteiger partial charge in [0.2, 0.25) is 11.9 Å². The molecule has 2 aromatic heterocycles. The summed E-state index contributed by atoms with van der Waals surface area (Å²) in [7, 11) is 0. The predicted octanol–water partition coefficient (Wildman–Crippen LogP) is 4.44. The first kappa shape index (κ1) is 21.2. The van der Waals surface area contributed by atoms with Gasteiger partial charge in [0.25, 0.3) is 0 Å². The Morgan fingerprint density at radius 2 is 2.07 bits per heavy atom. The third kappa shape index (κ3) is 4.99. The summed E-state index contributed by atoms with van der Waals surface area (Å²) in [5.74, 6) is 2.84. The maximum Gasteiger partial charge on any atom is 0.239 e. The summed E-state index contributed by atoms with van der Waals surface area (Å²) in [6, 6.07) is 2.20. The van der Waals surface area contributed by atoms with Crippen LogP contribution in [0, 0.1) is 12.8 Å². The van der Waals surface area contributed by atoms with E-state index >= 15 is 0 Å². The van der Waals surface area contributed by atoms with Crippen LogP contribution in [0.2, 0.25) is 0 Å². The van der Waals surface area contributed by atoms with Crippen LogP contribution in [0.3, 0.4) is 0 Å². The summed E-state index contributed by atoms with van der Waals surface area (Å²) in [4.78, 5) is 15.4. The first-order chi connectivity index (χ1) is 14.5. The molecule has 1 N–H and O–H groups in total. The zero-order valence-electron chi connectivity index (χ0n) is 18.1. The number of aromatic nitrogens is 4. The van der Waals surface area contributed by atoms with Gasteiger partial charge in [-0.15, -0.1) is 10.2 Å². The monoisotopic (exact) mass is 432 g/mol. The molecule has 2 aromatic rings. The van der Waals surface area contributed by atoms with Gasteiger partial charge in [0, 0.05) is 25.2 Å². The molecule has 1 unspecified atom stereocenters. The maximum atomic E-state index is 13.0. The van der Waals surface area contributed by atoms with Crippen molar-refractivity contribution in [2.75, 3.05) is 23.3 Å². The lowest BCUT2D eigenvalue weighted by Crippen LogP contribution is -2.34. The first-order valence-corrected chi connectivity index (χ1v) is 12.0. The summed E-state index contributed by atoms with van der Waals surface area (Å²) in [5.41, 5.74) is 0. The lowest BCUT2D eigenvalue weighted by atomic mass is 10.00. The van der Waals surface area contributed by atoms with E-state index < -0.39 is 0 Å². The van der Waals surface area contributed by atoms with Gasteiger partial charge in [-0.3, -0.25) is 9.36 Å². The highest BCUT2D eigenvalue weighted by Crippen LogP contribution is 2.42. The number of nitrogens with one attached hydrogen (secondary N) is 1. The highest BCUT2D eigenvalue weighted by atomic mass is 32.2. The molecule has 0 spiro atoms. The molecule has 1 atom stereocenters. The Morgan fingerprint density at radius 1 is 1.30 bits per heavy atom. The standard InChI is InChI=1S/C21H32N6O2S/c1-4-5-6-17(19(28)22-18-13-15(3)29-25-18)30-21-24-23-20(27(21)16-7-8-16)26-11-9-14(2)10-12-26/h13-14,16-17H,4-12H2,1-3H3,(H,22,25,28). The van der Waals surface area contributed by atoms with E-state index in [0.717, 1.165) is 62.2 Å². The predicted molar refractivity (Wildman–Crippen MR) is 118 cm³/mol. The van der Waals surface area contributed by atoms with E-state index in [4.69, 9.17) is 4.52 Å². The number of unbranched alkanes of at least 4 members (excludes halogenated alkanes) is 1. The minimum absolute atomic E-state index is 0.0551. The molecule has 30 heavy (non-hydrogen) atoms. The number of anilines is 2. The molecule has 2 aliphatic rings. The van der Waals surface area contributed by atoms with Crippen molar-refractivity contribution in [3.63, 3.8) is 0 Å². The van der Waals surface area contributed by atoms with Crippen molar-refractivity contribution < 1.29 is 9.32 Å². The van der Waals surface area contributed by atoms with E-state index in [9.17, 15) is 4.79 Å². The third-order valence-electron chi connectivity index (χ3n) is 5.86. The van der Waals surface area contributed by atoms with E-state index in [-0.39, 0.29) is 11.2 Å². The first-order valence-electron chi connectivity index (χ1n) is 11.2. The van der Waals surface area contributed by atoms with Crippen LogP contribution in [-0.4, -0.2) is 44.2 Å². The molecule has 1 saturated heterocycles. The van der Waals surface area contributed by atoms with Crippen LogP contribution in [0.5, 0.6) is 0 Å². The molecule has 4 rings (SSSR count). The number of hydrogen-bond donors (Lipinski definition) is 1. The van der Waals surface area contributed by atoms with Crippen molar-refractivity contribution in [3.8, 4) is 0 Å². The van der Waals surface area contributed by atoms with Crippen LogP contribution >= 0.6 is 11.8 Å². The van der Waals surface area contributed by atoms with Crippen molar-refractivity contribution >= 4 is 29.4 Å². The summed E-state index contributed by atoms with van der Waals surface area (Å²) in [6.07, 6.45) is 7.52. The highest BCUT2D eigenvalue weighted by Gasteiger charge is 2.34. The summed E-state index contributed by atoms with van der Waals surface area (Å²) >= 11 is 1.54. The molecule has 0 bridgehead atoms. The smallest absolute Gasteiger partial charge is 0.239 e. The second kappa shape index (κ2) is 9.41. The van der Waals surface area contributed by atoms with Gasteiger partial charge in [-0.1, -0.05) is 43.6 Å². The minimum Gasteiger partial charge on any atom is -0.360 e. The molecule has 9 heteroatoms. The van der Waals surface area contributed by atoms with Crippen LogP contribution < -0.4 is 10.2 Å². The molecular weight excluding hydrogens is 400 g/mol. The van der Waals surface area contributed by atoms with Gasteiger partial charge >= 0.3 is 0 Å². The normalized spacial score (nSPS) is 18.6. The van der Waals surface area contributed by atoms with Gasteiger partial charge in [-0.2, -0.15) is 0 Å². The van der Waals surface area contributed by atoms with Crippen molar-refractivity contribution in [2.45, 2.75) is 82.2 Å². The van der Waals surface area contributed by atoms with Gasteiger partial charge < -0.3 is 14.7 Å². The number of rotatable bonds is 9. The number of hydrogen-bond acceptors (Lipinski definition) is 7. The second-order valence-corrected chi connectivity index (χ2v) is 9.78. The topological polar surface area (TPSA) is 89.1 Å². The SMILES string of the molecule is CCCCC(Sc1nnc(N2CCC(C)CC2)n1C1CC1)C(=O)Nc1cc(C)on1. The van der Waals surface area contributed by atoms with E-state index in [1.807, 2.05) is 6.92 Å². The number of piperidine rings is 1. The fourth-order valence-electron chi connectivity index (χ4n) is 3.82. The van der Waals surface area contributed by atoms with Crippen LogP contribution in [0.4, 0.5) is 11.8 Å². The quantitative estimate of drug-likeness (QED) is 0.586. The molecule has 1 saturated carbocycles. The van der Waals surface area contributed by atoms with Gasteiger partial charge in [0.15, 0.2) is 11.0 Å². The number of amides is 1. The van der Waals surface area contributed by atoms with Gasteiger partial charge in [-0.25, -0.2) is 0 Å². The summed E-state index contributed by atoms with van der Waals surface area (Å²) in [5, 5.41) is 16.5. The lowest BCUT2D eigenvalue weighted by molar-refractivity contribution is -0.115. The molecule has 1 aliphatic heterocycles. The number of nitrogens with zero attached hydrogens (tertiary/aromatic N) is 5. The van der Waals surface area contributed by atoms with E-state index in [2.05, 4.69) is 44.0 Å². The Kier molecular flexibility index (Phi) is 6.65. The summed E-state index contributed by atoms with van der Waals surface area (Å²) < 4.78 is 7.36. The number of carbonyl (C=O) groups is 1. The van der Waals surface area contributed by atoms with Crippen LogP contribution in [-0.2, 0) is 4.79 Å². The molecule has 1 aliphatic carbocycles. The van der Waals surface area contributed by atoms with Crippen molar-refractivity contribution in [1.82, 2.24) is 19.9 Å². The van der Waals surface area contributed by atoms with E-state index in [0.29, 0.717) is 17.6 Å². The van der Waals surface area contributed by atoms with Gasteiger partial charge in [0.1, 0.15) is 5.76 Å². The van der Waals surface area contributed by atoms with E-state index in [1.165, 1.54) is 24.6 Å². The Bertz CT molecular complexity index is 854. The molecule has 8 nitrogen and oxygen atoms in total. The Morgan fingerprint density at radius 3 is 2.70 bits per heavy atom. The van der Waals surface area contributed by atoms with Gasteiger partial charge in [0.05, 0.1) is 5.25 Å². The fourth-order valence-corrected chi connectivity index (χ4v) is 4.96. The largest absolute Gasteiger partial charge is 0.360 e. The number of aryl methyl sites for hydroxylation is 1. The fraction of sp³-hybridized carbons (Fsp3) is 0.714. The molecular formula is C21H32N6O2S. The van der Waals surface area contributed by atoms with E-state index in [1.54, 1.807) is 6.07 Å². The number of thioether (sulfide) groups is 1. The zero-order valence-corrected chi connectivity index (χ0v) is 19.0. The van der Waals surface area contributed by atoms with Gasteiger partial charge in [-0.05, 0) is 44.9 Å². The molecule has 3 heterocycles. The van der Waals surface area contributed by atoms with Crippen molar-refractivity contribution in [2.24, 2.45) is 5.92 Å². The van der Waals surface area contributed by atoms with Crippen LogP contribution in [0.1, 0.15) is 70.6 Å². The Balaban J connectivity index is 1.51. The number of carbonyl (C=O) groups excluding carboxylic acids is 1. The lowest BCUT2D eigenvalue weighted by Gasteiger charge is -2.31. The van der Waals surface area contributed by atoms with Crippen molar-refractivity contribution in [1.29, 1.82) is 0 Å². The Labute approximate surface area is 182 Å². The van der Waals surface area contributed by atoms with Crippen LogP contribution in [0.25, 0.3) is 0 Å². The molecule has 1 amide bonds. The Hall–Kier alpha value is -2.03. The maximum absolute atomic E-state index is 13.0. The van der Waals surface area contributed by atoms with Crippen LogP contribution in [0.15, 0.2) is 15.7 Å². The minimum atomic E-state index is -0.238. The van der Waals surface area contributed by atoms with Crippen molar-refractivity contribution in [3.05, 3.63) is 11.8 Å². The molecule has 0 radical (unpaired) electrons. The average molecular weight is 433 g/mol. The zero-order chi connectivity index (χ0) is 21.1. The second-order valence-electron chi connectivity index (χ2n) is 8.61. The molecule has 2 fully saturated rings. The molecule has 0 aromatic carbocycles. The third-order valence-corrected chi connectivity index (χ3v) is 7.09.